The Labute approximate surface area is 68.6 Å². The van der Waals surface area contributed by atoms with Gasteiger partial charge in [0.05, 0.1) is 6.10 Å². The highest BCUT2D eigenvalue weighted by Crippen LogP contribution is 2.25. The fraction of sp³-hybridized carbons (Fsp3) is 1.00. The Bertz CT molecular complexity index is 104. The zero-order valence-electron chi connectivity index (χ0n) is 7.25. The van der Waals surface area contributed by atoms with Crippen LogP contribution in [0, 0.1) is 5.92 Å². The van der Waals surface area contributed by atoms with E-state index < -0.39 is 0 Å². The molecule has 0 aromatic carbocycles. The summed E-state index contributed by atoms with van der Waals surface area (Å²) in [7, 11) is 0. The molecular formula is C9H18O2. The molecule has 0 aromatic heterocycles. The summed E-state index contributed by atoms with van der Waals surface area (Å²) in [4.78, 5) is 0. The molecular weight excluding hydrogens is 140 g/mol. The van der Waals surface area contributed by atoms with E-state index in [2.05, 4.69) is 6.92 Å². The van der Waals surface area contributed by atoms with Crippen LogP contribution in [-0.4, -0.2) is 24.4 Å². The van der Waals surface area contributed by atoms with Crippen LogP contribution in [0.2, 0.25) is 0 Å². The predicted molar refractivity (Wildman–Crippen MR) is 44.5 cm³/mol. The van der Waals surface area contributed by atoms with E-state index >= 15 is 0 Å². The fourth-order valence-corrected chi connectivity index (χ4v) is 1.59. The van der Waals surface area contributed by atoms with E-state index in [0.29, 0.717) is 5.92 Å². The van der Waals surface area contributed by atoms with Gasteiger partial charge < -0.3 is 9.84 Å². The van der Waals surface area contributed by atoms with Crippen LogP contribution >= 0.6 is 0 Å². The van der Waals surface area contributed by atoms with Crippen molar-refractivity contribution in [3.63, 3.8) is 0 Å². The number of hydrogen-bond donors (Lipinski definition) is 1. The van der Waals surface area contributed by atoms with Crippen LogP contribution in [0.15, 0.2) is 0 Å². The molecule has 1 aliphatic rings. The summed E-state index contributed by atoms with van der Waals surface area (Å²) < 4.78 is 5.40. The molecule has 0 aliphatic heterocycles. The molecule has 2 nitrogen and oxygen atoms in total. The maximum atomic E-state index is 9.20. The van der Waals surface area contributed by atoms with Crippen molar-refractivity contribution in [2.45, 2.75) is 38.7 Å². The van der Waals surface area contributed by atoms with Crippen molar-refractivity contribution in [3.8, 4) is 0 Å². The highest BCUT2D eigenvalue weighted by molar-refractivity contribution is 4.73. The van der Waals surface area contributed by atoms with E-state index in [1.54, 1.807) is 0 Å². The smallest absolute Gasteiger partial charge is 0.0543 e. The topological polar surface area (TPSA) is 29.5 Å². The van der Waals surface area contributed by atoms with Gasteiger partial charge in [-0.2, -0.15) is 0 Å². The fourth-order valence-electron chi connectivity index (χ4n) is 1.59. The van der Waals surface area contributed by atoms with E-state index in [4.69, 9.17) is 4.74 Å². The van der Waals surface area contributed by atoms with Crippen LogP contribution in [0.5, 0.6) is 0 Å². The van der Waals surface area contributed by atoms with E-state index in [1.807, 2.05) is 0 Å². The first kappa shape index (κ1) is 9.01. The molecule has 0 amide bonds. The van der Waals surface area contributed by atoms with Gasteiger partial charge in [-0.3, -0.25) is 0 Å². The number of ether oxygens (including phenoxy) is 1. The van der Waals surface area contributed by atoms with Gasteiger partial charge in [-0.25, -0.2) is 0 Å². The van der Waals surface area contributed by atoms with Crippen LogP contribution in [0.4, 0.5) is 0 Å². The molecule has 1 fully saturated rings. The van der Waals surface area contributed by atoms with Gasteiger partial charge in [0.25, 0.3) is 0 Å². The molecule has 1 saturated carbocycles. The Kier molecular flexibility index (Phi) is 3.87. The SMILES string of the molecule is CCCOCC1CCC(O)C1. The minimum Gasteiger partial charge on any atom is -0.393 e. The number of aliphatic hydroxyl groups excluding tert-OH is 1. The molecule has 2 unspecified atom stereocenters. The Morgan fingerprint density at radius 2 is 2.27 bits per heavy atom. The van der Waals surface area contributed by atoms with Gasteiger partial charge in [0.15, 0.2) is 0 Å². The van der Waals surface area contributed by atoms with Gasteiger partial charge in [0, 0.05) is 13.2 Å². The van der Waals surface area contributed by atoms with Crippen molar-refractivity contribution in [3.05, 3.63) is 0 Å². The summed E-state index contributed by atoms with van der Waals surface area (Å²) in [5, 5.41) is 9.20. The Morgan fingerprint density at radius 1 is 1.45 bits per heavy atom. The summed E-state index contributed by atoms with van der Waals surface area (Å²) in [6, 6.07) is 0. The van der Waals surface area contributed by atoms with Crippen LogP contribution in [0.25, 0.3) is 0 Å². The molecule has 0 aromatic rings. The quantitative estimate of drug-likeness (QED) is 0.629. The number of rotatable bonds is 4. The normalized spacial score (nSPS) is 31.1. The van der Waals surface area contributed by atoms with E-state index in [1.165, 1.54) is 0 Å². The first-order valence-corrected chi connectivity index (χ1v) is 4.58. The lowest BCUT2D eigenvalue weighted by atomic mass is 10.1. The van der Waals surface area contributed by atoms with Gasteiger partial charge in [-0.15, -0.1) is 0 Å². The van der Waals surface area contributed by atoms with Crippen LogP contribution in [0.3, 0.4) is 0 Å². The van der Waals surface area contributed by atoms with Crippen LogP contribution in [0.1, 0.15) is 32.6 Å². The van der Waals surface area contributed by atoms with Crippen molar-refractivity contribution in [1.29, 1.82) is 0 Å². The van der Waals surface area contributed by atoms with Gasteiger partial charge in [0.2, 0.25) is 0 Å². The minimum atomic E-state index is -0.0507. The van der Waals surface area contributed by atoms with Gasteiger partial charge in [0.1, 0.15) is 0 Å². The maximum absolute atomic E-state index is 9.20. The Hall–Kier alpha value is -0.0800. The largest absolute Gasteiger partial charge is 0.393 e. The highest BCUT2D eigenvalue weighted by Gasteiger charge is 2.22. The van der Waals surface area contributed by atoms with Gasteiger partial charge >= 0.3 is 0 Å². The van der Waals surface area contributed by atoms with Gasteiger partial charge in [-0.05, 0) is 31.6 Å². The molecule has 2 atom stereocenters. The van der Waals surface area contributed by atoms with E-state index in [9.17, 15) is 5.11 Å². The zero-order chi connectivity index (χ0) is 8.10. The molecule has 0 saturated heterocycles. The third kappa shape index (κ3) is 3.21. The molecule has 1 aliphatic carbocycles. The molecule has 0 radical (unpaired) electrons. The average molecular weight is 158 g/mol. The molecule has 1 N–H and O–H groups in total. The van der Waals surface area contributed by atoms with Crippen LogP contribution in [-0.2, 0) is 4.74 Å². The molecule has 0 spiro atoms. The Morgan fingerprint density at radius 3 is 2.82 bits per heavy atom. The van der Waals surface area contributed by atoms with Crippen molar-refractivity contribution in [2.24, 2.45) is 5.92 Å². The average Bonchev–Trinajstić information content (AvgIpc) is 2.37. The number of aliphatic hydroxyl groups is 1. The lowest BCUT2D eigenvalue weighted by molar-refractivity contribution is 0.0938. The molecule has 66 valence electrons. The molecule has 11 heavy (non-hydrogen) atoms. The van der Waals surface area contributed by atoms with Crippen molar-refractivity contribution in [1.82, 2.24) is 0 Å². The summed E-state index contributed by atoms with van der Waals surface area (Å²) in [5.41, 5.74) is 0. The van der Waals surface area contributed by atoms with Crippen LogP contribution < -0.4 is 0 Å². The predicted octanol–water partition coefficient (Wildman–Crippen LogP) is 1.57. The highest BCUT2D eigenvalue weighted by atomic mass is 16.5. The van der Waals surface area contributed by atoms with E-state index in [0.717, 1.165) is 38.9 Å². The third-order valence-electron chi connectivity index (χ3n) is 2.22. The lowest BCUT2D eigenvalue weighted by Gasteiger charge is -2.08. The summed E-state index contributed by atoms with van der Waals surface area (Å²) in [6.07, 6.45) is 4.11. The van der Waals surface area contributed by atoms with E-state index in [-0.39, 0.29) is 6.10 Å². The van der Waals surface area contributed by atoms with Crippen molar-refractivity contribution >= 4 is 0 Å². The van der Waals surface area contributed by atoms with Gasteiger partial charge in [-0.1, -0.05) is 6.92 Å². The zero-order valence-corrected chi connectivity index (χ0v) is 7.25. The summed E-state index contributed by atoms with van der Waals surface area (Å²) >= 11 is 0. The monoisotopic (exact) mass is 158 g/mol. The molecule has 0 heterocycles. The van der Waals surface area contributed by atoms with Crippen molar-refractivity contribution < 1.29 is 9.84 Å². The molecule has 1 rings (SSSR count). The molecule has 2 heteroatoms. The maximum Gasteiger partial charge on any atom is 0.0543 e. The summed E-state index contributed by atoms with van der Waals surface area (Å²) in [6.45, 7) is 3.83. The number of hydrogen-bond acceptors (Lipinski definition) is 2. The minimum absolute atomic E-state index is 0.0507. The second kappa shape index (κ2) is 4.73. The first-order chi connectivity index (χ1) is 5.33. The molecule has 0 bridgehead atoms. The Balaban J connectivity index is 1.99. The first-order valence-electron chi connectivity index (χ1n) is 4.58. The summed E-state index contributed by atoms with van der Waals surface area (Å²) in [5.74, 6) is 0.622. The third-order valence-corrected chi connectivity index (χ3v) is 2.22. The lowest BCUT2D eigenvalue weighted by Crippen LogP contribution is -2.08. The second-order valence-electron chi connectivity index (χ2n) is 3.41. The standard InChI is InChI=1S/C9H18O2/c1-2-5-11-7-8-3-4-9(10)6-8/h8-10H,2-7H2,1H3. The second-order valence-corrected chi connectivity index (χ2v) is 3.41. The van der Waals surface area contributed by atoms with Crippen molar-refractivity contribution in [2.75, 3.05) is 13.2 Å².